The minimum absolute atomic E-state index is 0.290. The number of pyridine rings is 1. The predicted octanol–water partition coefficient (Wildman–Crippen LogP) is 2.60. The number of aromatic nitrogens is 1. The van der Waals surface area contributed by atoms with E-state index in [1.807, 2.05) is 12.4 Å². The van der Waals surface area contributed by atoms with E-state index in [-0.39, 0.29) is 0 Å². The van der Waals surface area contributed by atoms with Crippen LogP contribution in [0.3, 0.4) is 0 Å². The molecule has 100 valence electrons. The Labute approximate surface area is 111 Å². The molecule has 1 unspecified atom stereocenters. The van der Waals surface area contributed by atoms with Crippen LogP contribution in [0.25, 0.3) is 0 Å². The summed E-state index contributed by atoms with van der Waals surface area (Å²) in [5.41, 5.74) is 2.90. The van der Waals surface area contributed by atoms with Gasteiger partial charge in [0.2, 0.25) is 0 Å². The molecular weight excluding hydrogens is 222 g/mol. The molecule has 0 saturated carbocycles. The number of hydrogen-bond donors (Lipinski definition) is 1. The van der Waals surface area contributed by atoms with Crippen molar-refractivity contribution < 1.29 is 0 Å². The predicted molar refractivity (Wildman–Crippen MR) is 77.0 cm³/mol. The van der Waals surface area contributed by atoms with Crippen molar-refractivity contribution in [2.75, 3.05) is 24.5 Å². The first-order valence-electron chi connectivity index (χ1n) is 6.87. The van der Waals surface area contributed by atoms with E-state index in [2.05, 4.69) is 49.0 Å². The first-order valence-corrected chi connectivity index (χ1v) is 6.87. The fourth-order valence-corrected chi connectivity index (χ4v) is 2.51. The van der Waals surface area contributed by atoms with E-state index in [0.717, 1.165) is 19.6 Å². The van der Waals surface area contributed by atoms with Crippen LogP contribution in [0, 0.1) is 12.3 Å². The van der Waals surface area contributed by atoms with Crippen molar-refractivity contribution in [3.63, 3.8) is 0 Å². The maximum absolute atomic E-state index is 4.28. The summed E-state index contributed by atoms with van der Waals surface area (Å²) in [6.45, 7) is 12.4. The molecule has 18 heavy (non-hydrogen) atoms. The first kappa shape index (κ1) is 13.3. The van der Waals surface area contributed by atoms with Crippen molar-refractivity contribution in [1.82, 2.24) is 10.3 Å². The Balaban J connectivity index is 2.20. The van der Waals surface area contributed by atoms with Crippen LogP contribution in [0.15, 0.2) is 18.5 Å². The van der Waals surface area contributed by atoms with E-state index in [4.69, 9.17) is 0 Å². The molecule has 1 aliphatic rings. The largest absolute Gasteiger partial charge is 0.368 e. The van der Waals surface area contributed by atoms with E-state index < -0.39 is 0 Å². The van der Waals surface area contributed by atoms with Gasteiger partial charge in [0.15, 0.2) is 0 Å². The Hall–Kier alpha value is -1.09. The van der Waals surface area contributed by atoms with Crippen molar-refractivity contribution in [1.29, 1.82) is 0 Å². The zero-order chi connectivity index (χ0) is 13.2. The second-order valence-electron chi connectivity index (χ2n) is 6.33. The van der Waals surface area contributed by atoms with Crippen molar-refractivity contribution >= 4 is 5.69 Å². The Morgan fingerprint density at radius 1 is 1.39 bits per heavy atom. The van der Waals surface area contributed by atoms with Crippen molar-refractivity contribution in [3.05, 3.63) is 24.0 Å². The van der Waals surface area contributed by atoms with Crippen LogP contribution in [-0.4, -0.2) is 30.7 Å². The van der Waals surface area contributed by atoms with E-state index in [1.165, 1.54) is 17.7 Å². The molecule has 2 heterocycles. The number of rotatable bonds is 1. The molecule has 1 fully saturated rings. The molecule has 1 N–H and O–H groups in total. The van der Waals surface area contributed by atoms with Crippen molar-refractivity contribution in [2.24, 2.45) is 5.41 Å². The molecule has 1 atom stereocenters. The molecule has 2 rings (SSSR count). The molecule has 1 aromatic rings. The van der Waals surface area contributed by atoms with E-state index in [1.54, 1.807) is 0 Å². The van der Waals surface area contributed by atoms with Gasteiger partial charge < -0.3 is 10.2 Å². The van der Waals surface area contributed by atoms with Crippen LogP contribution in [-0.2, 0) is 0 Å². The Morgan fingerprint density at radius 3 is 2.83 bits per heavy atom. The van der Waals surface area contributed by atoms with Crippen LogP contribution >= 0.6 is 0 Å². The van der Waals surface area contributed by atoms with Gasteiger partial charge in [-0.25, -0.2) is 0 Å². The Morgan fingerprint density at radius 2 is 2.17 bits per heavy atom. The maximum atomic E-state index is 4.28. The third-order valence-electron chi connectivity index (χ3n) is 3.80. The van der Waals surface area contributed by atoms with Gasteiger partial charge in [-0.2, -0.15) is 0 Å². The van der Waals surface area contributed by atoms with Crippen LogP contribution in [0.2, 0.25) is 0 Å². The van der Waals surface area contributed by atoms with Crippen molar-refractivity contribution in [2.45, 2.75) is 40.2 Å². The highest BCUT2D eigenvalue weighted by Gasteiger charge is 2.28. The summed E-state index contributed by atoms with van der Waals surface area (Å²) in [6, 6.07) is 2.62. The zero-order valence-electron chi connectivity index (χ0n) is 12.0. The summed E-state index contributed by atoms with van der Waals surface area (Å²) in [7, 11) is 0. The van der Waals surface area contributed by atoms with Gasteiger partial charge in [0.05, 0.1) is 11.9 Å². The maximum Gasteiger partial charge on any atom is 0.0582 e. The molecule has 3 heteroatoms. The van der Waals surface area contributed by atoms with Crippen LogP contribution < -0.4 is 10.2 Å². The quantitative estimate of drug-likeness (QED) is 0.827. The fraction of sp³-hybridized carbons (Fsp3) is 0.667. The highest BCUT2D eigenvalue weighted by molar-refractivity contribution is 5.51. The van der Waals surface area contributed by atoms with Gasteiger partial charge in [-0.05, 0) is 36.9 Å². The molecule has 1 saturated heterocycles. The van der Waals surface area contributed by atoms with Gasteiger partial charge in [-0.1, -0.05) is 20.8 Å². The summed E-state index contributed by atoms with van der Waals surface area (Å²) < 4.78 is 0. The number of anilines is 1. The van der Waals surface area contributed by atoms with E-state index >= 15 is 0 Å². The molecule has 1 aromatic heterocycles. The monoisotopic (exact) mass is 247 g/mol. The molecule has 0 spiro atoms. The molecular formula is C15H25N3. The number of hydrogen-bond acceptors (Lipinski definition) is 3. The number of aryl methyl sites for hydroxylation is 1. The molecule has 0 aliphatic carbocycles. The van der Waals surface area contributed by atoms with Gasteiger partial charge in [0.25, 0.3) is 0 Å². The summed E-state index contributed by atoms with van der Waals surface area (Å²) in [5.74, 6) is 0. The summed E-state index contributed by atoms with van der Waals surface area (Å²) in [5, 5.41) is 3.68. The van der Waals surface area contributed by atoms with Crippen LogP contribution in [0.5, 0.6) is 0 Å². The lowest BCUT2D eigenvalue weighted by molar-refractivity contribution is 0.280. The summed E-state index contributed by atoms with van der Waals surface area (Å²) in [6.07, 6.45) is 5.07. The van der Waals surface area contributed by atoms with Gasteiger partial charge >= 0.3 is 0 Å². The third kappa shape index (κ3) is 3.02. The lowest BCUT2D eigenvalue weighted by atomic mass is 9.86. The fourth-order valence-electron chi connectivity index (χ4n) is 2.51. The smallest absolute Gasteiger partial charge is 0.0582 e. The first-order chi connectivity index (χ1) is 8.48. The minimum atomic E-state index is 0.290. The lowest BCUT2D eigenvalue weighted by Gasteiger charge is -2.34. The number of nitrogens with one attached hydrogen (secondary N) is 1. The molecule has 0 radical (unpaired) electrons. The second-order valence-corrected chi connectivity index (χ2v) is 6.33. The summed E-state index contributed by atoms with van der Waals surface area (Å²) in [4.78, 5) is 6.76. The van der Waals surface area contributed by atoms with Gasteiger partial charge in [0, 0.05) is 25.3 Å². The highest BCUT2D eigenvalue weighted by atomic mass is 15.2. The van der Waals surface area contributed by atoms with Gasteiger partial charge in [-0.3, -0.25) is 4.98 Å². The Kier molecular flexibility index (Phi) is 3.91. The molecule has 3 nitrogen and oxygen atoms in total. The second kappa shape index (κ2) is 5.27. The normalized spacial score (nSPS) is 21.8. The highest BCUT2D eigenvalue weighted by Crippen LogP contribution is 2.25. The Bertz CT molecular complexity index is 395. The average molecular weight is 247 g/mol. The minimum Gasteiger partial charge on any atom is -0.368 e. The molecule has 0 bridgehead atoms. The lowest BCUT2D eigenvalue weighted by Crippen LogP contribution is -2.46. The van der Waals surface area contributed by atoms with E-state index in [0.29, 0.717) is 11.5 Å². The molecule has 0 amide bonds. The number of nitrogens with zero attached hydrogens (tertiary/aromatic N) is 2. The molecule has 0 aromatic carbocycles. The standard InChI is InChI=1S/C15H25N3/c1-12-6-8-16-10-13(12)18-9-5-7-17-14(11-18)15(2,3)4/h6,8,10,14,17H,5,7,9,11H2,1-4H3. The van der Waals surface area contributed by atoms with Crippen molar-refractivity contribution in [3.8, 4) is 0 Å². The topological polar surface area (TPSA) is 28.2 Å². The zero-order valence-corrected chi connectivity index (χ0v) is 12.0. The summed E-state index contributed by atoms with van der Waals surface area (Å²) >= 11 is 0. The van der Waals surface area contributed by atoms with E-state index in [9.17, 15) is 0 Å². The van der Waals surface area contributed by atoms with Gasteiger partial charge in [-0.15, -0.1) is 0 Å². The van der Waals surface area contributed by atoms with Gasteiger partial charge in [0.1, 0.15) is 0 Å². The molecule has 1 aliphatic heterocycles. The average Bonchev–Trinajstić information content (AvgIpc) is 2.54. The third-order valence-corrected chi connectivity index (χ3v) is 3.80. The van der Waals surface area contributed by atoms with Crippen LogP contribution in [0.1, 0.15) is 32.8 Å². The van der Waals surface area contributed by atoms with Crippen LogP contribution in [0.4, 0.5) is 5.69 Å². The SMILES string of the molecule is Cc1ccncc1N1CCCNC(C(C)(C)C)C1.